The fourth-order valence-electron chi connectivity index (χ4n) is 3.23. The van der Waals surface area contributed by atoms with Gasteiger partial charge < -0.3 is 10.1 Å². The molecule has 1 aromatic carbocycles. The molecule has 6 nitrogen and oxygen atoms in total. The summed E-state index contributed by atoms with van der Waals surface area (Å²) in [7, 11) is 1.69. The summed E-state index contributed by atoms with van der Waals surface area (Å²) in [5.74, 6) is -0.625. The van der Waals surface area contributed by atoms with Crippen molar-refractivity contribution in [2.75, 3.05) is 45.2 Å². The number of aromatic nitrogens is 1. The molecular weight excluding hydrogens is 415 g/mol. The van der Waals surface area contributed by atoms with E-state index in [-0.39, 0.29) is 17.0 Å². The van der Waals surface area contributed by atoms with Crippen LogP contribution in [0.3, 0.4) is 0 Å². The minimum absolute atomic E-state index is 0.00157. The normalized spacial score (nSPS) is 17.1. The van der Waals surface area contributed by atoms with Gasteiger partial charge in [0.2, 0.25) is 5.91 Å². The number of hydrogen-bond donors (Lipinski definition) is 1. The maximum absolute atomic E-state index is 13.2. The maximum atomic E-state index is 13.2. The van der Waals surface area contributed by atoms with Gasteiger partial charge in [0.25, 0.3) is 0 Å². The van der Waals surface area contributed by atoms with E-state index in [1.807, 2.05) is 6.92 Å². The Hall–Kier alpha value is -1.58. The van der Waals surface area contributed by atoms with Crippen molar-refractivity contribution in [1.82, 2.24) is 14.8 Å². The molecule has 1 aromatic heterocycles. The molecule has 0 spiro atoms. The Balaban J connectivity index is 1.47. The highest BCUT2D eigenvalue weighted by Gasteiger charge is 2.19. The molecule has 0 radical (unpaired) electrons. The summed E-state index contributed by atoms with van der Waals surface area (Å²) < 4.78 is 18.6. The average Bonchev–Trinajstić information content (AvgIpc) is 3.05. The monoisotopic (exact) mass is 440 g/mol. The third-order valence-electron chi connectivity index (χ3n) is 4.91. The van der Waals surface area contributed by atoms with Crippen LogP contribution in [0.5, 0.6) is 0 Å². The topological polar surface area (TPSA) is 57.7 Å². The zero-order valence-corrected chi connectivity index (χ0v) is 18.2. The predicted octanol–water partition coefficient (Wildman–Crippen LogP) is 3.79. The average molecular weight is 441 g/mol. The van der Waals surface area contributed by atoms with Crippen molar-refractivity contribution in [3.63, 3.8) is 0 Å². The number of halogens is 2. The molecule has 0 saturated carbocycles. The molecule has 9 heteroatoms. The molecule has 2 heterocycles. The number of rotatable bonds is 7. The van der Waals surface area contributed by atoms with Crippen molar-refractivity contribution in [1.29, 1.82) is 0 Å². The second kappa shape index (κ2) is 10.4. The number of hydrogen-bond acceptors (Lipinski definition) is 6. The smallest absolute Gasteiger partial charge is 0.238 e. The number of ether oxygens (including phenoxy) is 1. The summed E-state index contributed by atoms with van der Waals surface area (Å²) in [5.41, 5.74) is 1.57. The largest absolute Gasteiger partial charge is 0.375 e. The summed E-state index contributed by atoms with van der Waals surface area (Å²) in [6.07, 6.45) is 1.00. The Labute approximate surface area is 179 Å². The fourth-order valence-corrected chi connectivity index (χ4v) is 4.25. The van der Waals surface area contributed by atoms with Crippen molar-refractivity contribution in [2.24, 2.45) is 0 Å². The Morgan fingerprint density at radius 3 is 2.86 bits per heavy atom. The highest BCUT2D eigenvalue weighted by atomic mass is 35.5. The minimum Gasteiger partial charge on any atom is -0.375 e. The summed E-state index contributed by atoms with van der Waals surface area (Å²) in [5, 5.41) is 5.87. The van der Waals surface area contributed by atoms with E-state index in [1.165, 1.54) is 18.2 Å². The van der Waals surface area contributed by atoms with E-state index in [9.17, 15) is 9.18 Å². The zero-order chi connectivity index (χ0) is 20.8. The number of carbonyl (C=O) groups is 1. The first kappa shape index (κ1) is 22.1. The first-order valence-corrected chi connectivity index (χ1v) is 10.9. The number of carbonyl (C=O) groups excluding carboxylic acids is 1. The predicted molar refractivity (Wildman–Crippen MR) is 114 cm³/mol. The molecule has 3 rings (SSSR count). The van der Waals surface area contributed by atoms with E-state index in [2.05, 4.69) is 25.5 Å². The molecule has 1 aliphatic rings. The molecule has 29 heavy (non-hydrogen) atoms. The van der Waals surface area contributed by atoms with E-state index in [0.29, 0.717) is 12.2 Å². The molecule has 158 valence electrons. The van der Waals surface area contributed by atoms with Crippen molar-refractivity contribution in [3.05, 3.63) is 45.1 Å². The summed E-state index contributed by atoms with van der Waals surface area (Å²) in [6.45, 7) is 6.62. The Morgan fingerprint density at radius 1 is 1.34 bits per heavy atom. The van der Waals surface area contributed by atoms with Crippen LogP contribution >= 0.6 is 22.9 Å². The molecule has 1 atom stereocenters. The number of anilines is 1. The van der Waals surface area contributed by atoms with Gasteiger partial charge in [-0.1, -0.05) is 11.6 Å². The van der Waals surface area contributed by atoms with Crippen LogP contribution in [0.25, 0.3) is 0 Å². The van der Waals surface area contributed by atoms with Gasteiger partial charge in [-0.2, -0.15) is 0 Å². The van der Waals surface area contributed by atoms with E-state index >= 15 is 0 Å². The lowest BCUT2D eigenvalue weighted by Crippen LogP contribution is -2.36. The van der Waals surface area contributed by atoms with Gasteiger partial charge in [-0.15, -0.1) is 11.3 Å². The van der Waals surface area contributed by atoms with Crippen LogP contribution in [0.1, 0.15) is 30.2 Å². The van der Waals surface area contributed by atoms with Crippen LogP contribution in [0.2, 0.25) is 5.02 Å². The maximum Gasteiger partial charge on any atom is 0.238 e. The molecule has 1 amide bonds. The lowest BCUT2D eigenvalue weighted by Gasteiger charge is -2.21. The molecule has 1 saturated heterocycles. The van der Waals surface area contributed by atoms with Crippen molar-refractivity contribution < 1.29 is 13.9 Å². The van der Waals surface area contributed by atoms with Gasteiger partial charge >= 0.3 is 0 Å². The molecule has 2 aromatic rings. The SMILES string of the molecule is COC(C)c1nc(CN2CCCN(CC(=O)Nc3ccc(F)c(Cl)c3)CC2)cs1. The zero-order valence-electron chi connectivity index (χ0n) is 16.7. The number of nitrogens with one attached hydrogen (secondary N) is 1. The first-order chi connectivity index (χ1) is 13.9. The number of thiazole rings is 1. The second-order valence-electron chi connectivity index (χ2n) is 7.14. The van der Waals surface area contributed by atoms with Crippen LogP contribution < -0.4 is 5.32 Å². The van der Waals surface area contributed by atoms with E-state index in [4.69, 9.17) is 16.3 Å². The number of amides is 1. The second-order valence-corrected chi connectivity index (χ2v) is 8.43. The standard InChI is InChI=1S/C20H26ClFN4O2S/c1-14(28-2)20-24-16(13-29-20)11-25-6-3-7-26(9-8-25)12-19(27)23-15-4-5-18(22)17(21)10-15/h4-5,10,13-14H,3,6-9,11-12H2,1-2H3,(H,23,27). The quantitative estimate of drug-likeness (QED) is 0.709. The molecule has 0 bridgehead atoms. The number of benzene rings is 1. The minimum atomic E-state index is -0.499. The van der Waals surface area contributed by atoms with Gasteiger partial charge in [-0.25, -0.2) is 9.37 Å². The van der Waals surface area contributed by atoms with Crippen LogP contribution in [-0.2, 0) is 16.1 Å². The van der Waals surface area contributed by atoms with Crippen LogP contribution in [-0.4, -0.2) is 60.5 Å². The van der Waals surface area contributed by atoms with E-state index < -0.39 is 5.82 Å². The van der Waals surface area contributed by atoms with E-state index in [0.717, 1.165) is 49.8 Å². The van der Waals surface area contributed by atoms with Crippen molar-refractivity contribution >= 4 is 34.5 Å². The summed E-state index contributed by atoms with van der Waals surface area (Å²) in [4.78, 5) is 21.5. The third-order valence-corrected chi connectivity index (χ3v) is 6.25. The summed E-state index contributed by atoms with van der Waals surface area (Å²) >= 11 is 7.40. The molecule has 0 aliphatic carbocycles. The first-order valence-electron chi connectivity index (χ1n) is 9.61. The molecule has 1 fully saturated rings. The highest BCUT2D eigenvalue weighted by Crippen LogP contribution is 2.22. The van der Waals surface area contributed by atoms with Gasteiger partial charge in [0.15, 0.2) is 0 Å². The van der Waals surface area contributed by atoms with Crippen molar-refractivity contribution in [2.45, 2.75) is 26.0 Å². The van der Waals surface area contributed by atoms with Gasteiger partial charge in [0, 0.05) is 37.8 Å². The van der Waals surface area contributed by atoms with E-state index in [1.54, 1.807) is 18.4 Å². The lowest BCUT2D eigenvalue weighted by molar-refractivity contribution is -0.117. The van der Waals surface area contributed by atoms with Gasteiger partial charge in [-0.3, -0.25) is 14.6 Å². The van der Waals surface area contributed by atoms with Gasteiger partial charge in [-0.05, 0) is 44.6 Å². The fraction of sp³-hybridized carbons (Fsp3) is 0.500. The Morgan fingerprint density at radius 2 is 2.10 bits per heavy atom. The molecule has 1 unspecified atom stereocenters. The number of nitrogens with zero attached hydrogens (tertiary/aromatic N) is 3. The van der Waals surface area contributed by atoms with Crippen LogP contribution in [0.4, 0.5) is 10.1 Å². The third kappa shape index (κ3) is 6.45. The molecular formula is C20H26ClFN4O2S. The number of methoxy groups -OCH3 is 1. The molecule has 1 aliphatic heterocycles. The van der Waals surface area contributed by atoms with Gasteiger partial charge in [0.05, 0.1) is 17.3 Å². The molecule has 1 N–H and O–H groups in total. The Kier molecular flexibility index (Phi) is 7.97. The Bertz CT molecular complexity index is 835. The lowest BCUT2D eigenvalue weighted by atomic mass is 10.3. The van der Waals surface area contributed by atoms with Crippen LogP contribution in [0, 0.1) is 5.82 Å². The van der Waals surface area contributed by atoms with Gasteiger partial charge in [0.1, 0.15) is 16.9 Å². The highest BCUT2D eigenvalue weighted by molar-refractivity contribution is 7.09. The summed E-state index contributed by atoms with van der Waals surface area (Å²) in [6, 6.07) is 4.18. The van der Waals surface area contributed by atoms with Crippen LogP contribution in [0.15, 0.2) is 23.6 Å². The van der Waals surface area contributed by atoms with Crippen molar-refractivity contribution in [3.8, 4) is 0 Å².